The van der Waals surface area contributed by atoms with E-state index in [9.17, 15) is 4.21 Å². The third-order valence-electron chi connectivity index (χ3n) is 3.59. The van der Waals surface area contributed by atoms with Crippen molar-refractivity contribution in [2.75, 3.05) is 34.8 Å². The van der Waals surface area contributed by atoms with Crippen molar-refractivity contribution in [3.8, 4) is 0 Å². The van der Waals surface area contributed by atoms with E-state index in [1.165, 1.54) is 0 Å². The minimum absolute atomic E-state index is 0.443. The van der Waals surface area contributed by atoms with Crippen LogP contribution in [0.4, 0.5) is 11.5 Å². The molecule has 0 atom stereocenters. The molecule has 5 heteroatoms. The molecule has 1 aliphatic rings. The van der Waals surface area contributed by atoms with Crippen LogP contribution in [0, 0.1) is 0 Å². The summed E-state index contributed by atoms with van der Waals surface area (Å²) in [5.41, 5.74) is 1.06. The molecular weight excluding hydrogens is 258 g/mol. The maximum atomic E-state index is 11.3. The Labute approximate surface area is 118 Å². The minimum atomic E-state index is -0.594. The van der Waals surface area contributed by atoms with Crippen LogP contribution >= 0.6 is 0 Å². The second kappa shape index (κ2) is 6.89. The lowest BCUT2D eigenvalue weighted by atomic mass is 10.1. The van der Waals surface area contributed by atoms with Crippen LogP contribution in [0.2, 0.25) is 0 Å². The number of hydrogen-bond donors (Lipinski definition) is 1. The fourth-order valence-electron chi connectivity index (χ4n) is 2.38. The Hall–Kier alpha value is -1.10. The Morgan fingerprint density at radius 1 is 1.32 bits per heavy atom. The van der Waals surface area contributed by atoms with Crippen molar-refractivity contribution in [2.24, 2.45) is 0 Å². The molecule has 2 heterocycles. The number of hydrogen-bond acceptors (Lipinski definition) is 4. The monoisotopic (exact) mass is 281 g/mol. The SMILES string of the molecule is CCN(CC)c1ccc(NC2CCS(=O)CC2)cn1. The van der Waals surface area contributed by atoms with E-state index >= 15 is 0 Å². The first kappa shape index (κ1) is 14.3. The van der Waals surface area contributed by atoms with E-state index in [0.29, 0.717) is 6.04 Å². The Morgan fingerprint density at radius 3 is 2.53 bits per heavy atom. The highest BCUT2D eigenvalue weighted by Crippen LogP contribution is 2.18. The fraction of sp³-hybridized carbons (Fsp3) is 0.643. The number of aromatic nitrogens is 1. The number of rotatable bonds is 5. The summed E-state index contributed by atoms with van der Waals surface area (Å²) in [4.78, 5) is 6.73. The Kier molecular flexibility index (Phi) is 5.19. The highest BCUT2D eigenvalue weighted by molar-refractivity contribution is 7.85. The Morgan fingerprint density at radius 2 is 2.00 bits per heavy atom. The molecule has 2 rings (SSSR count). The van der Waals surface area contributed by atoms with Gasteiger partial charge in [0.15, 0.2) is 0 Å². The molecule has 0 bridgehead atoms. The van der Waals surface area contributed by atoms with Crippen molar-refractivity contribution in [3.05, 3.63) is 18.3 Å². The molecule has 1 fully saturated rings. The van der Waals surface area contributed by atoms with Crippen molar-refractivity contribution in [3.63, 3.8) is 0 Å². The van der Waals surface area contributed by atoms with E-state index in [2.05, 4.69) is 41.2 Å². The van der Waals surface area contributed by atoms with E-state index in [0.717, 1.165) is 48.9 Å². The molecule has 4 nitrogen and oxygen atoms in total. The summed E-state index contributed by atoms with van der Waals surface area (Å²) >= 11 is 0. The van der Waals surface area contributed by atoms with Crippen LogP contribution in [0.5, 0.6) is 0 Å². The van der Waals surface area contributed by atoms with Crippen LogP contribution in [-0.4, -0.2) is 39.8 Å². The normalized spacial score (nSPS) is 23.1. The first-order chi connectivity index (χ1) is 9.22. The zero-order valence-corrected chi connectivity index (χ0v) is 12.6. The summed E-state index contributed by atoms with van der Waals surface area (Å²) in [7, 11) is -0.594. The highest BCUT2D eigenvalue weighted by Gasteiger charge is 2.17. The quantitative estimate of drug-likeness (QED) is 0.899. The van der Waals surface area contributed by atoms with Gasteiger partial charge >= 0.3 is 0 Å². The van der Waals surface area contributed by atoms with Gasteiger partial charge in [0, 0.05) is 41.4 Å². The van der Waals surface area contributed by atoms with Crippen LogP contribution in [0.15, 0.2) is 18.3 Å². The number of nitrogens with zero attached hydrogens (tertiary/aromatic N) is 2. The molecule has 0 saturated carbocycles. The maximum absolute atomic E-state index is 11.3. The summed E-state index contributed by atoms with van der Waals surface area (Å²) in [6, 6.07) is 4.60. The van der Waals surface area contributed by atoms with Crippen LogP contribution in [0.3, 0.4) is 0 Å². The Balaban J connectivity index is 1.93. The lowest BCUT2D eigenvalue weighted by Crippen LogP contribution is -2.29. The second-order valence-corrected chi connectivity index (χ2v) is 6.54. The zero-order valence-electron chi connectivity index (χ0n) is 11.8. The molecule has 0 aromatic carbocycles. The highest BCUT2D eigenvalue weighted by atomic mass is 32.2. The average molecular weight is 281 g/mol. The van der Waals surface area contributed by atoms with Gasteiger partial charge < -0.3 is 10.2 Å². The summed E-state index contributed by atoms with van der Waals surface area (Å²) in [5.74, 6) is 2.67. The topological polar surface area (TPSA) is 45.2 Å². The molecule has 1 aromatic heterocycles. The molecule has 1 aliphatic heterocycles. The zero-order chi connectivity index (χ0) is 13.7. The van der Waals surface area contributed by atoms with E-state index in [-0.39, 0.29) is 0 Å². The molecule has 1 saturated heterocycles. The van der Waals surface area contributed by atoms with Crippen LogP contribution < -0.4 is 10.2 Å². The first-order valence-electron chi connectivity index (χ1n) is 7.05. The van der Waals surface area contributed by atoms with E-state index in [4.69, 9.17) is 0 Å². The van der Waals surface area contributed by atoms with E-state index in [1.807, 2.05) is 6.20 Å². The molecule has 1 N–H and O–H groups in total. The molecule has 0 amide bonds. The van der Waals surface area contributed by atoms with Gasteiger partial charge in [-0.05, 0) is 38.8 Å². The van der Waals surface area contributed by atoms with Gasteiger partial charge in [0.1, 0.15) is 5.82 Å². The van der Waals surface area contributed by atoms with Crippen molar-refractivity contribution >= 4 is 22.3 Å². The number of nitrogens with one attached hydrogen (secondary N) is 1. The lowest BCUT2D eigenvalue weighted by Gasteiger charge is -2.24. The van der Waals surface area contributed by atoms with Gasteiger partial charge in [-0.2, -0.15) is 0 Å². The molecule has 0 spiro atoms. The molecular formula is C14H23N3OS. The fourth-order valence-corrected chi connectivity index (χ4v) is 3.68. The van der Waals surface area contributed by atoms with Gasteiger partial charge in [-0.3, -0.25) is 4.21 Å². The molecule has 0 unspecified atom stereocenters. The van der Waals surface area contributed by atoms with Gasteiger partial charge in [0.05, 0.1) is 11.9 Å². The average Bonchev–Trinajstić information content (AvgIpc) is 2.44. The smallest absolute Gasteiger partial charge is 0.128 e. The van der Waals surface area contributed by atoms with Gasteiger partial charge in [0.2, 0.25) is 0 Å². The van der Waals surface area contributed by atoms with Gasteiger partial charge in [0.25, 0.3) is 0 Å². The minimum Gasteiger partial charge on any atom is -0.381 e. The number of pyridine rings is 1. The van der Waals surface area contributed by atoms with Crippen molar-refractivity contribution in [1.82, 2.24) is 4.98 Å². The van der Waals surface area contributed by atoms with E-state index in [1.54, 1.807) is 0 Å². The standard InChI is InChI=1S/C14H23N3OS/c1-3-17(4-2)14-6-5-13(11-15-14)16-12-7-9-19(18)10-8-12/h5-6,11-12,16H,3-4,7-10H2,1-2H3. The van der Waals surface area contributed by atoms with Crippen LogP contribution in [0.25, 0.3) is 0 Å². The molecule has 106 valence electrons. The van der Waals surface area contributed by atoms with Crippen LogP contribution in [0.1, 0.15) is 26.7 Å². The lowest BCUT2D eigenvalue weighted by molar-refractivity contribution is 0.624. The summed E-state index contributed by atoms with van der Waals surface area (Å²) in [5, 5.41) is 3.49. The maximum Gasteiger partial charge on any atom is 0.128 e. The second-order valence-electron chi connectivity index (χ2n) is 4.84. The van der Waals surface area contributed by atoms with Gasteiger partial charge in [-0.15, -0.1) is 0 Å². The third kappa shape index (κ3) is 3.93. The van der Waals surface area contributed by atoms with Crippen molar-refractivity contribution in [1.29, 1.82) is 0 Å². The van der Waals surface area contributed by atoms with Crippen molar-refractivity contribution < 1.29 is 4.21 Å². The Bertz CT molecular complexity index is 407. The van der Waals surface area contributed by atoms with Gasteiger partial charge in [-0.25, -0.2) is 4.98 Å². The molecule has 0 aliphatic carbocycles. The third-order valence-corrected chi connectivity index (χ3v) is 4.98. The first-order valence-corrected chi connectivity index (χ1v) is 8.54. The van der Waals surface area contributed by atoms with E-state index < -0.39 is 10.8 Å². The van der Waals surface area contributed by atoms with Crippen LogP contribution in [-0.2, 0) is 10.8 Å². The van der Waals surface area contributed by atoms with Crippen molar-refractivity contribution in [2.45, 2.75) is 32.7 Å². The molecule has 19 heavy (non-hydrogen) atoms. The predicted molar refractivity (Wildman–Crippen MR) is 82.3 cm³/mol. The molecule has 0 radical (unpaired) electrons. The number of anilines is 2. The van der Waals surface area contributed by atoms with Gasteiger partial charge in [-0.1, -0.05) is 0 Å². The summed E-state index contributed by atoms with van der Waals surface area (Å²) < 4.78 is 11.3. The summed E-state index contributed by atoms with van der Waals surface area (Å²) in [6.07, 6.45) is 3.88. The summed E-state index contributed by atoms with van der Waals surface area (Å²) in [6.45, 7) is 6.23. The largest absolute Gasteiger partial charge is 0.381 e. The molecule has 1 aromatic rings. The predicted octanol–water partition coefficient (Wildman–Crippen LogP) is 2.25.